The van der Waals surface area contributed by atoms with Crippen molar-refractivity contribution in [2.24, 2.45) is 0 Å². The number of hydrogen-bond acceptors (Lipinski definition) is 8. The van der Waals surface area contributed by atoms with Gasteiger partial charge in [-0.15, -0.1) is 0 Å². The van der Waals surface area contributed by atoms with Crippen molar-refractivity contribution in [3.8, 4) is 34.0 Å². The fourth-order valence-electron chi connectivity index (χ4n) is 3.96. The number of nitrogens with one attached hydrogen (secondary N) is 1. The van der Waals surface area contributed by atoms with E-state index in [-0.39, 0.29) is 18.0 Å². The highest BCUT2D eigenvalue weighted by Crippen LogP contribution is 2.33. The van der Waals surface area contributed by atoms with Gasteiger partial charge in [-0.2, -0.15) is 5.10 Å². The van der Waals surface area contributed by atoms with Crippen LogP contribution in [0.2, 0.25) is 0 Å². The number of sulfone groups is 1. The fraction of sp³-hybridized carbons (Fsp3) is 0.321. The van der Waals surface area contributed by atoms with Gasteiger partial charge in [-0.05, 0) is 70.2 Å². The first-order valence-corrected chi connectivity index (χ1v) is 14.2. The Labute approximate surface area is 227 Å². The topological polar surface area (TPSA) is 121 Å². The predicted molar refractivity (Wildman–Crippen MR) is 148 cm³/mol. The zero-order valence-electron chi connectivity index (χ0n) is 22.8. The van der Waals surface area contributed by atoms with Crippen LogP contribution in [0.5, 0.6) is 11.5 Å². The van der Waals surface area contributed by atoms with Crippen molar-refractivity contribution in [1.29, 1.82) is 0 Å². The van der Waals surface area contributed by atoms with E-state index in [1.807, 2.05) is 31.2 Å². The molecule has 1 N–H and O–H groups in total. The predicted octanol–water partition coefficient (Wildman–Crippen LogP) is 4.69. The number of benzene rings is 2. The average Bonchev–Trinajstić information content (AvgIpc) is 3.20. The number of hydrogen-bond donors (Lipinski definition) is 1. The van der Waals surface area contributed by atoms with Crippen molar-refractivity contribution in [3.63, 3.8) is 0 Å². The molecule has 2 aromatic carbocycles. The molecule has 0 saturated heterocycles. The highest BCUT2D eigenvalue weighted by molar-refractivity contribution is 7.90. The number of aromatic nitrogens is 3. The molecule has 0 fully saturated rings. The number of fused-ring (bicyclic) bond motifs is 1. The third-order valence-electron chi connectivity index (χ3n) is 5.69. The lowest BCUT2D eigenvalue weighted by molar-refractivity contribution is 0.0520. The number of aryl methyl sites for hydroxylation is 1. The molecule has 4 rings (SSSR count). The van der Waals surface area contributed by atoms with Gasteiger partial charge in [0.25, 0.3) is 0 Å². The van der Waals surface area contributed by atoms with Gasteiger partial charge in [0.2, 0.25) is 0 Å². The lowest BCUT2D eigenvalue weighted by atomic mass is 10.1. The third kappa shape index (κ3) is 6.66. The van der Waals surface area contributed by atoms with E-state index in [1.54, 1.807) is 62.7 Å². The summed E-state index contributed by atoms with van der Waals surface area (Å²) in [5, 5.41) is 7.48. The van der Waals surface area contributed by atoms with Gasteiger partial charge in [0.05, 0.1) is 35.6 Å². The van der Waals surface area contributed by atoms with Crippen LogP contribution in [-0.2, 0) is 14.6 Å². The van der Waals surface area contributed by atoms with Crippen LogP contribution in [-0.4, -0.2) is 61.2 Å². The van der Waals surface area contributed by atoms with Gasteiger partial charge >= 0.3 is 6.09 Å². The number of carbonyl (C=O) groups excluding carboxylic acids is 1. The lowest BCUT2D eigenvalue weighted by Gasteiger charge is -2.19. The van der Waals surface area contributed by atoms with Gasteiger partial charge < -0.3 is 19.5 Å². The molecular formula is C28H32N4O6S. The highest BCUT2D eigenvalue weighted by Gasteiger charge is 2.17. The van der Waals surface area contributed by atoms with Crippen LogP contribution >= 0.6 is 0 Å². The summed E-state index contributed by atoms with van der Waals surface area (Å²) in [6.07, 6.45) is 0.677. The number of imidazole rings is 1. The summed E-state index contributed by atoms with van der Waals surface area (Å²) in [5.41, 5.74) is 3.94. The molecule has 0 aliphatic carbocycles. The molecule has 0 saturated carbocycles. The summed E-state index contributed by atoms with van der Waals surface area (Å²) in [6.45, 7) is 7.79. The Morgan fingerprint density at radius 1 is 1.00 bits per heavy atom. The first kappa shape index (κ1) is 27.9. The van der Waals surface area contributed by atoms with Gasteiger partial charge in [-0.1, -0.05) is 12.1 Å². The first-order valence-electron chi connectivity index (χ1n) is 12.3. The summed E-state index contributed by atoms with van der Waals surface area (Å²) < 4.78 is 42.0. The molecule has 0 unspecified atom stereocenters. The number of nitrogens with zero attached hydrogens (tertiary/aromatic N) is 3. The number of carbonyl (C=O) groups is 1. The number of methoxy groups -OCH3 is 1. The summed E-state index contributed by atoms with van der Waals surface area (Å²) in [4.78, 5) is 16.7. The summed E-state index contributed by atoms with van der Waals surface area (Å²) >= 11 is 0. The van der Waals surface area contributed by atoms with Crippen LogP contribution in [0.3, 0.4) is 0 Å². The van der Waals surface area contributed by atoms with E-state index in [1.165, 1.54) is 6.26 Å². The van der Waals surface area contributed by atoms with E-state index in [0.717, 1.165) is 22.5 Å². The molecule has 0 spiro atoms. The Bertz CT molecular complexity index is 1610. The molecular weight excluding hydrogens is 520 g/mol. The molecule has 4 aromatic rings. The van der Waals surface area contributed by atoms with Gasteiger partial charge in [-0.3, -0.25) is 0 Å². The van der Waals surface area contributed by atoms with Crippen LogP contribution in [0.15, 0.2) is 59.5 Å². The second-order valence-electron chi connectivity index (χ2n) is 9.97. The van der Waals surface area contributed by atoms with Gasteiger partial charge in [0.15, 0.2) is 27.0 Å². The van der Waals surface area contributed by atoms with Crippen molar-refractivity contribution < 1.29 is 27.4 Å². The highest BCUT2D eigenvalue weighted by atomic mass is 32.2. The minimum absolute atomic E-state index is 0.231. The molecule has 0 aliphatic heterocycles. The Morgan fingerprint density at radius 3 is 2.33 bits per heavy atom. The van der Waals surface area contributed by atoms with Crippen molar-refractivity contribution in [1.82, 2.24) is 19.9 Å². The molecule has 0 bridgehead atoms. The first-order chi connectivity index (χ1) is 18.4. The standard InChI is InChI=1S/C28H32N4O6S/c1-18-26(19-7-10-21(11-8-19)39(6,34)35)32-25(30-18)14-12-22(31-32)20-9-13-23(24(17-20)36-5)37-16-15-29-27(33)38-28(2,3)4/h7-14,17H,15-16H2,1-6H3,(H,29,33). The summed E-state index contributed by atoms with van der Waals surface area (Å²) in [7, 11) is -1.74. The smallest absolute Gasteiger partial charge is 0.407 e. The maximum absolute atomic E-state index is 11.9. The molecule has 2 heterocycles. The maximum Gasteiger partial charge on any atom is 0.407 e. The average molecular weight is 553 g/mol. The van der Waals surface area contributed by atoms with Crippen LogP contribution < -0.4 is 14.8 Å². The molecule has 206 valence electrons. The van der Waals surface area contributed by atoms with E-state index in [2.05, 4.69) is 10.3 Å². The zero-order chi connectivity index (χ0) is 28.4. The van der Waals surface area contributed by atoms with Gasteiger partial charge in [0, 0.05) is 17.4 Å². The van der Waals surface area contributed by atoms with Crippen molar-refractivity contribution in [2.45, 2.75) is 38.2 Å². The molecule has 2 aromatic heterocycles. The minimum atomic E-state index is -3.30. The van der Waals surface area contributed by atoms with Crippen molar-refractivity contribution in [2.75, 3.05) is 26.5 Å². The second-order valence-corrected chi connectivity index (χ2v) is 12.0. The normalized spacial score (nSPS) is 11.8. The van der Waals surface area contributed by atoms with Gasteiger partial charge in [-0.25, -0.2) is 22.7 Å². The molecule has 10 nitrogen and oxygen atoms in total. The number of amides is 1. The van der Waals surface area contributed by atoms with Crippen LogP contribution in [0.25, 0.3) is 28.2 Å². The van der Waals surface area contributed by atoms with Crippen molar-refractivity contribution in [3.05, 3.63) is 60.3 Å². The van der Waals surface area contributed by atoms with Gasteiger partial charge in [0.1, 0.15) is 12.2 Å². The van der Waals surface area contributed by atoms with Crippen LogP contribution in [0, 0.1) is 6.92 Å². The lowest BCUT2D eigenvalue weighted by Crippen LogP contribution is -2.34. The second kappa shape index (κ2) is 10.9. The van der Waals surface area contributed by atoms with E-state index in [9.17, 15) is 13.2 Å². The molecule has 1 amide bonds. The van der Waals surface area contributed by atoms with E-state index < -0.39 is 21.5 Å². The number of alkyl carbamates (subject to hydrolysis) is 1. The minimum Gasteiger partial charge on any atom is -0.493 e. The molecule has 0 radical (unpaired) electrons. The third-order valence-corrected chi connectivity index (χ3v) is 6.82. The Hall–Kier alpha value is -4.12. The Balaban J connectivity index is 1.55. The number of ether oxygens (including phenoxy) is 3. The summed E-state index contributed by atoms with van der Waals surface area (Å²) in [6, 6.07) is 15.9. The largest absolute Gasteiger partial charge is 0.493 e. The quantitative estimate of drug-likeness (QED) is 0.313. The number of rotatable bonds is 8. The van der Waals surface area contributed by atoms with Crippen molar-refractivity contribution >= 4 is 21.6 Å². The van der Waals surface area contributed by atoms with E-state index >= 15 is 0 Å². The Kier molecular flexibility index (Phi) is 7.82. The fourth-order valence-corrected chi connectivity index (χ4v) is 4.59. The Morgan fingerprint density at radius 2 is 1.69 bits per heavy atom. The summed E-state index contributed by atoms with van der Waals surface area (Å²) in [5.74, 6) is 1.04. The molecule has 11 heteroatoms. The van der Waals surface area contributed by atoms with Crippen LogP contribution in [0.4, 0.5) is 4.79 Å². The molecule has 39 heavy (non-hydrogen) atoms. The zero-order valence-corrected chi connectivity index (χ0v) is 23.6. The van der Waals surface area contributed by atoms with E-state index in [0.29, 0.717) is 22.8 Å². The van der Waals surface area contributed by atoms with Crippen LogP contribution in [0.1, 0.15) is 26.5 Å². The van der Waals surface area contributed by atoms with E-state index in [4.69, 9.17) is 19.3 Å². The maximum atomic E-state index is 11.9. The SMILES string of the molecule is COc1cc(-c2ccc3nc(C)c(-c4ccc(S(C)(=O)=O)cc4)n3n2)ccc1OCCNC(=O)OC(C)(C)C. The molecule has 0 aliphatic rings. The molecule has 0 atom stereocenters. The monoisotopic (exact) mass is 552 g/mol.